The summed E-state index contributed by atoms with van der Waals surface area (Å²) >= 11 is 0.940. The van der Waals surface area contributed by atoms with Gasteiger partial charge in [-0.15, -0.1) is 10.2 Å². The van der Waals surface area contributed by atoms with E-state index in [-0.39, 0.29) is 5.75 Å². The molecule has 0 atom stereocenters. The first kappa shape index (κ1) is 19.7. The van der Waals surface area contributed by atoms with E-state index in [1.807, 2.05) is 0 Å². The van der Waals surface area contributed by atoms with Gasteiger partial charge in [-0.25, -0.2) is 9.18 Å². The molecule has 0 radical (unpaired) electrons. The molecule has 12 heteroatoms. The number of rotatable bonds is 5. The Morgan fingerprint density at radius 1 is 1.19 bits per heavy atom. The number of amides is 3. The van der Waals surface area contributed by atoms with Gasteiger partial charge in [0.2, 0.25) is 5.91 Å². The van der Waals surface area contributed by atoms with E-state index in [1.165, 1.54) is 29.6 Å². The van der Waals surface area contributed by atoms with Crippen molar-refractivity contribution in [3.05, 3.63) is 30.1 Å². The number of carbonyl (C=O) groups is 2. The summed E-state index contributed by atoms with van der Waals surface area (Å²) in [7, 11) is 1.63. The van der Waals surface area contributed by atoms with Crippen molar-refractivity contribution < 1.29 is 27.2 Å². The van der Waals surface area contributed by atoms with Crippen molar-refractivity contribution in [2.45, 2.75) is 11.3 Å². The largest absolute Gasteiger partial charge is 0.405 e. The van der Waals surface area contributed by atoms with E-state index < -0.39 is 30.5 Å². The van der Waals surface area contributed by atoms with E-state index in [1.54, 1.807) is 16.9 Å². The third-order valence-corrected chi connectivity index (χ3v) is 3.99. The zero-order valence-electron chi connectivity index (χ0n) is 13.3. The maximum atomic E-state index is 13.0. The van der Waals surface area contributed by atoms with Crippen LogP contribution in [-0.4, -0.2) is 45.2 Å². The van der Waals surface area contributed by atoms with Crippen LogP contribution < -0.4 is 10.6 Å². The third-order valence-electron chi connectivity index (χ3n) is 2.97. The highest BCUT2D eigenvalue weighted by atomic mass is 32.2. The predicted octanol–water partition coefficient (Wildman–Crippen LogP) is 2.10. The van der Waals surface area contributed by atoms with Crippen LogP contribution >= 0.6 is 11.8 Å². The van der Waals surface area contributed by atoms with Crippen molar-refractivity contribution in [1.82, 2.24) is 25.4 Å². The number of imide groups is 1. The van der Waals surface area contributed by atoms with Crippen LogP contribution in [0.1, 0.15) is 0 Å². The number of hydrogen-bond acceptors (Lipinski definition) is 5. The highest BCUT2D eigenvalue weighted by molar-refractivity contribution is 7.99. The standard InChI is InChI=1S/C14H13F4N5O2S/c1-23-11(8-2-4-9(15)5-3-8)21-22-13(23)26-6-10(24)20-12(25)19-7-14(16,17)18/h2-5H,6-7H2,1H3,(H2,19,20,24,25). The summed E-state index contributed by atoms with van der Waals surface area (Å²) in [6.07, 6.45) is -4.56. The van der Waals surface area contributed by atoms with Gasteiger partial charge in [0.15, 0.2) is 11.0 Å². The summed E-state index contributed by atoms with van der Waals surface area (Å²) in [5.74, 6) is -1.00. The molecule has 1 heterocycles. The Labute approximate surface area is 149 Å². The second kappa shape index (κ2) is 8.17. The van der Waals surface area contributed by atoms with Gasteiger partial charge in [0.1, 0.15) is 12.4 Å². The van der Waals surface area contributed by atoms with Crippen LogP contribution in [0.15, 0.2) is 29.4 Å². The van der Waals surface area contributed by atoms with Crippen LogP contribution in [0.5, 0.6) is 0 Å². The van der Waals surface area contributed by atoms with Gasteiger partial charge in [0.05, 0.1) is 5.75 Å². The second-order valence-corrected chi connectivity index (χ2v) is 5.95. The smallest absolute Gasteiger partial charge is 0.329 e. The minimum atomic E-state index is -4.56. The van der Waals surface area contributed by atoms with Crippen molar-refractivity contribution >= 4 is 23.7 Å². The van der Waals surface area contributed by atoms with Gasteiger partial charge in [-0.3, -0.25) is 10.1 Å². The highest BCUT2D eigenvalue weighted by Crippen LogP contribution is 2.22. The van der Waals surface area contributed by atoms with Crippen molar-refractivity contribution in [1.29, 1.82) is 0 Å². The molecule has 140 valence electrons. The monoisotopic (exact) mass is 391 g/mol. The van der Waals surface area contributed by atoms with Crippen molar-refractivity contribution in [2.75, 3.05) is 12.3 Å². The number of aromatic nitrogens is 3. The first-order chi connectivity index (χ1) is 12.2. The number of halogens is 4. The number of nitrogens with one attached hydrogen (secondary N) is 2. The van der Waals surface area contributed by atoms with Crippen LogP contribution in [0.25, 0.3) is 11.4 Å². The lowest BCUT2D eigenvalue weighted by molar-refractivity contribution is -0.124. The van der Waals surface area contributed by atoms with Gasteiger partial charge < -0.3 is 9.88 Å². The Balaban J connectivity index is 1.89. The lowest BCUT2D eigenvalue weighted by atomic mass is 10.2. The van der Waals surface area contributed by atoms with Crippen LogP contribution in [0.4, 0.5) is 22.4 Å². The number of urea groups is 1. The molecule has 0 aliphatic carbocycles. The fourth-order valence-corrected chi connectivity index (χ4v) is 2.52. The van der Waals surface area contributed by atoms with Gasteiger partial charge in [-0.1, -0.05) is 11.8 Å². The van der Waals surface area contributed by atoms with Gasteiger partial charge in [-0.2, -0.15) is 13.2 Å². The van der Waals surface area contributed by atoms with Crippen LogP contribution in [0, 0.1) is 5.82 Å². The van der Waals surface area contributed by atoms with Crippen LogP contribution in [0.3, 0.4) is 0 Å². The maximum Gasteiger partial charge on any atom is 0.405 e. The summed E-state index contributed by atoms with van der Waals surface area (Å²) in [5.41, 5.74) is 0.615. The highest BCUT2D eigenvalue weighted by Gasteiger charge is 2.28. The Bertz CT molecular complexity index is 792. The molecule has 26 heavy (non-hydrogen) atoms. The summed E-state index contributed by atoms with van der Waals surface area (Å²) in [4.78, 5) is 22.8. The number of benzene rings is 1. The molecule has 1 aromatic carbocycles. The van der Waals surface area contributed by atoms with E-state index in [0.717, 1.165) is 11.8 Å². The second-order valence-electron chi connectivity index (χ2n) is 5.01. The summed E-state index contributed by atoms with van der Waals surface area (Å²) < 4.78 is 50.4. The fraction of sp³-hybridized carbons (Fsp3) is 0.286. The number of hydrogen-bond donors (Lipinski definition) is 2. The van der Waals surface area contributed by atoms with E-state index in [9.17, 15) is 27.2 Å². The van der Waals surface area contributed by atoms with E-state index in [0.29, 0.717) is 16.5 Å². The van der Waals surface area contributed by atoms with Gasteiger partial charge in [0, 0.05) is 12.6 Å². The minimum absolute atomic E-state index is 0.255. The average Bonchev–Trinajstić information content (AvgIpc) is 2.92. The molecule has 3 amide bonds. The molecule has 0 unspecified atom stereocenters. The summed E-state index contributed by atoms with van der Waals surface area (Å²) in [6.45, 7) is -1.54. The van der Waals surface area contributed by atoms with E-state index in [2.05, 4.69) is 10.2 Å². The molecule has 7 nitrogen and oxygen atoms in total. The Morgan fingerprint density at radius 3 is 2.46 bits per heavy atom. The quantitative estimate of drug-likeness (QED) is 0.602. The van der Waals surface area contributed by atoms with Gasteiger partial charge in [-0.05, 0) is 24.3 Å². The molecule has 0 fully saturated rings. The molecule has 2 aromatic rings. The predicted molar refractivity (Wildman–Crippen MR) is 84.7 cm³/mol. The van der Waals surface area contributed by atoms with E-state index in [4.69, 9.17) is 0 Å². The van der Waals surface area contributed by atoms with Gasteiger partial charge >= 0.3 is 12.2 Å². The number of carbonyl (C=O) groups excluding carboxylic acids is 2. The molecule has 2 rings (SSSR count). The summed E-state index contributed by atoms with van der Waals surface area (Å²) in [5, 5.41) is 11.5. The zero-order chi connectivity index (χ0) is 19.3. The molecule has 2 N–H and O–H groups in total. The SMILES string of the molecule is Cn1c(SCC(=O)NC(=O)NCC(F)(F)F)nnc1-c1ccc(F)cc1. The lowest BCUT2D eigenvalue weighted by Gasteiger charge is -2.09. The molecule has 0 spiro atoms. The molecule has 0 aliphatic heterocycles. The fourth-order valence-electron chi connectivity index (χ4n) is 1.81. The Hall–Kier alpha value is -2.63. The molecule has 0 saturated heterocycles. The molecule has 0 aliphatic rings. The Kier molecular flexibility index (Phi) is 6.18. The van der Waals surface area contributed by atoms with E-state index >= 15 is 0 Å². The minimum Gasteiger partial charge on any atom is -0.329 e. The first-order valence-corrected chi connectivity index (χ1v) is 8.07. The molecule has 0 bridgehead atoms. The van der Waals surface area contributed by atoms with Gasteiger partial charge in [0.25, 0.3) is 0 Å². The molecular formula is C14H13F4N5O2S. The maximum absolute atomic E-state index is 13.0. The first-order valence-electron chi connectivity index (χ1n) is 7.08. The number of thioether (sulfide) groups is 1. The van der Waals surface area contributed by atoms with Crippen LogP contribution in [0.2, 0.25) is 0 Å². The number of alkyl halides is 3. The summed E-state index contributed by atoms with van der Waals surface area (Å²) in [6, 6.07) is 4.34. The van der Waals surface area contributed by atoms with Crippen LogP contribution in [-0.2, 0) is 11.8 Å². The van der Waals surface area contributed by atoms with Crippen molar-refractivity contribution in [3.63, 3.8) is 0 Å². The molecule has 0 saturated carbocycles. The molecular weight excluding hydrogens is 378 g/mol. The lowest BCUT2D eigenvalue weighted by Crippen LogP contribution is -2.43. The zero-order valence-corrected chi connectivity index (χ0v) is 14.1. The van der Waals surface area contributed by atoms with Crippen molar-refractivity contribution in [2.24, 2.45) is 7.05 Å². The number of nitrogens with zero attached hydrogens (tertiary/aromatic N) is 3. The average molecular weight is 391 g/mol. The Morgan fingerprint density at radius 2 is 1.85 bits per heavy atom. The van der Waals surface area contributed by atoms with Crippen molar-refractivity contribution in [3.8, 4) is 11.4 Å². The third kappa shape index (κ3) is 5.72. The molecule has 1 aromatic heterocycles. The topological polar surface area (TPSA) is 88.9 Å². The normalized spacial score (nSPS) is 11.3.